The number of para-hydroxylation sites is 1. The molecule has 1 aliphatic rings. The van der Waals surface area contributed by atoms with Crippen LogP contribution in [0, 0.1) is 0 Å². The molecule has 176 valence electrons. The Balaban J connectivity index is 1.81. The van der Waals surface area contributed by atoms with E-state index in [0.29, 0.717) is 17.3 Å². The molecule has 0 unspecified atom stereocenters. The second-order valence-corrected chi connectivity index (χ2v) is 11.3. The maximum atomic E-state index is 13.1. The second kappa shape index (κ2) is 10.6. The maximum absolute atomic E-state index is 13.1. The summed E-state index contributed by atoms with van der Waals surface area (Å²) in [5, 5.41) is 0.593. The lowest BCUT2D eigenvalue weighted by Crippen LogP contribution is -2.45. The van der Waals surface area contributed by atoms with Gasteiger partial charge >= 0.3 is 0 Å². The third-order valence-electron chi connectivity index (χ3n) is 5.39. The van der Waals surface area contributed by atoms with Crippen molar-refractivity contribution in [3.8, 4) is 0 Å². The number of hydrogen-bond donors (Lipinski definition) is 0. The number of hydrogen-bond acceptors (Lipinski definition) is 6. The van der Waals surface area contributed by atoms with Gasteiger partial charge in [0.1, 0.15) is 0 Å². The summed E-state index contributed by atoms with van der Waals surface area (Å²) >= 11 is 1.51. The topological polar surface area (TPSA) is 87.1 Å². The molecular formula is C24H29N3O4S2. The third kappa shape index (κ3) is 5.90. The zero-order valence-electron chi connectivity index (χ0n) is 19.3. The number of amides is 1. The molecular weight excluding hydrogens is 458 g/mol. The highest BCUT2D eigenvalue weighted by Gasteiger charge is 2.29. The van der Waals surface area contributed by atoms with Crippen LogP contribution in [0.1, 0.15) is 49.0 Å². The van der Waals surface area contributed by atoms with Gasteiger partial charge in [-0.2, -0.15) is 4.31 Å². The van der Waals surface area contributed by atoms with Crippen molar-refractivity contribution in [1.82, 2.24) is 9.21 Å². The molecule has 0 radical (unpaired) electrons. The molecule has 0 aromatic heterocycles. The number of benzene rings is 2. The molecule has 0 aliphatic carbocycles. The van der Waals surface area contributed by atoms with Crippen molar-refractivity contribution >= 4 is 44.3 Å². The number of aliphatic imine (C=N–C) groups is 1. The SMILES string of the molecule is CC(=O)c1ccc(S(=O)(=O)N(C)CC(=O)N2CCCSC2=Nc2ccccc2C(C)C)cc1. The first kappa shape index (κ1) is 25.1. The molecule has 0 saturated carbocycles. The molecule has 7 nitrogen and oxygen atoms in total. The molecule has 0 N–H and O–H groups in total. The van der Waals surface area contributed by atoms with Crippen LogP contribution in [-0.2, 0) is 14.8 Å². The van der Waals surface area contributed by atoms with Crippen LogP contribution in [0.2, 0.25) is 0 Å². The van der Waals surface area contributed by atoms with Gasteiger partial charge in [0.25, 0.3) is 0 Å². The van der Waals surface area contributed by atoms with Crippen molar-refractivity contribution in [2.24, 2.45) is 4.99 Å². The van der Waals surface area contributed by atoms with Gasteiger partial charge in [-0.05, 0) is 43.0 Å². The Labute approximate surface area is 199 Å². The van der Waals surface area contributed by atoms with E-state index < -0.39 is 10.0 Å². The molecule has 33 heavy (non-hydrogen) atoms. The monoisotopic (exact) mass is 487 g/mol. The van der Waals surface area contributed by atoms with E-state index in [-0.39, 0.29) is 29.0 Å². The Kier molecular flexibility index (Phi) is 8.10. The standard InChI is InChI=1S/C24H29N3O4S2/c1-17(2)21-8-5-6-9-22(21)25-24-27(14-7-15-32-24)23(29)16-26(4)33(30,31)20-12-10-19(11-13-20)18(3)28/h5-6,8-13,17H,7,14-16H2,1-4H3. The summed E-state index contributed by atoms with van der Waals surface area (Å²) in [5.74, 6) is 0.669. The fraction of sp³-hybridized carbons (Fsp3) is 0.375. The minimum atomic E-state index is -3.88. The highest BCUT2D eigenvalue weighted by molar-refractivity contribution is 8.13. The van der Waals surface area contributed by atoms with Crippen molar-refractivity contribution < 1.29 is 18.0 Å². The number of Topliss-reactive ketones (excluding diaryl/α,β-unsaturated/α-hetero) is 1. The summed E-state index contributed by atoms with van der Waals surface area (Å²) in [5.41, 5.74) is 2.35. The predicted octanol–water partition coefficient (Wildman–Crippen LogP) is 4.29. The number of carbonyl (C=O) groups is 2. The molecule has 0 bridgehead atoms. The summed E-state index contributed by atoms with van der Waals surface area (Å²) in [6, 6.07) is 13.6. The Morgan fingerprint density at radius 2 is 1.79 bits per heavy atom. The summed E-state index contributed by atoms with van der Waals surface area (Å²) in [6.07, 6.45) is 0.810. The van der Waals surface area contributed by atoms with Crippen molar-refractivity contribution in [2.75, 3.05) is 25.9 Å². The van der Waals surface area contributed by atoms with E-state index in [1.807, 2.05) is 24.3 Å². The first-order valence-corrected chi connectivity index (χ1v) is 13.2. The normalized spacial score (nSPS) is 15.9. The van der Waals surface area contributed by atoms with Gasteiger partial charge in [-0.3, -0.25) is 14.5 Å². The fourth-order valence-electron chi connectivity index (χ4n) is 3.47. The van der Waals surface area contributed by atoms with E-state index in [1.165, 1.54) is 50.0 Å². The summed E-state index contributed by atoms with van der Waals surface area (Å²) in [7, 11) is -2.50. The number of ketones is 1. The highest BCUT2D eigenvalue weighted by Crippen LogP contribution is 2.29. The summed E-state index contributed by atoms with van der Waals surface area (Å²) in [4.78, 5) is 31.0. The Morgan fingerprint density at radius 3 is 2.42 bits per heavy atom. The quantitative estimate of drug-likeness (QED) is 0.544. The van der Waals surface area contributed by atoms with Crippen molar-refractivity contribution in [3.05, 3.63) is 59.7 Å². The number of carbonyl (C=O) groups excluding carboxylic acids is 2. The van der Waals surface area contributed by atoms with E-state index in [9.17, 15) is 18.0 Å². The number of amidine groups is 1. The number of sulfonamides is 1. The fourth-order valence-corrected chi connectivity index (χ4v) is 5.55. The van der Waals surface area contributed by atoms with Crippen molar-refractivity contribution in [3.63, 3.8) is 0 Å². The van der Waals surface area contributed by atoms with Crippen LogP contribution >= 0.6 is 11.8 Å². The zero-order valence-corrected chi connectivity index (χ0v) is 20.9. The molecule has 2 aromatic carbocycles. The molecule has 0 spiro atoms. The maximum Gasteiger partial charge on any atom is 0.243 e. The number of likely N-dealkylation sites (N-methyl/N-ethyl adjacent to an activating group) is 1. The van der Waals surface area contributed by atoms with Gasteiger partial charge < -0.3 is 0 Å². The minimum Gasteiger partial charge on any atom is -0.295 e. The lowest BCUT2D eigenvalue weighted by molar-refractivity contribution is -0.127. The smallest absolute Gasteiger partial charge is 0.243 e. The van der Waals surface area contributed by atoms with Crippen molar-refractivity contribution in [1.29, 1.82) is 0 Å². The van der Waals surface area contributed by atoms with E-state index >= 15 is 0 Å². The number of rotatable bonds is 7. The lowest BCUT2D eigenvalue weighted by Gasteiger charge is -2.29. The molecule has 1 aliphatic heterocycles. The largest absolute Gasteiger partial charge is 0.295 e. The molecule has 0 atom stereocenters. The molecule has 1 heterocycles. The van der Waals surface area contributed by atoms with Crippen LogP contribution in [0.15, 0.2) is 58.4 Å². The molecule has 1 saturated heterocycles. The average Bonchev–Trinajstić information content (AvgIpc) is 2.79. The first-order chi connectivity index (χ1) is 15.6. The number of nitrogens with zero attached hydrogens (tertiary/aromatic N) is 3. The molecule has 2 aromatic rings. The van der Waals surface area contributed by atoms with Gasteiger partial charge in [0.05, 0.1) is 17.1 Å². The lowest BCUT2D eigenvalue weighted by atomic mass is 10.0. The minimum absolute atomic E-state index is 0.0376. The summed E-state index contributed by atoms with van der Waals surface area (Å²) in [6.45, 7) is 5.80. The van der Waals surface area contributed by atoms with Gasteiger partial charge in [0, 0.05) is 24.9 Å². The predicted molar refractivity (Wildman–Crippen MR) is 133 cm³/mol. The van der Waals surface area contributed by atoms with Crippen LogP contribution in [0.25, 0.3) is 0 Å². The molecule has 1 fully saturated rings. The van der Waals surface area contributed by atoms with Crippen molar-refractivity contribution in [2.45, 2.75) is 38.0 Å². The van der Waals surface area contributed by atoms with Gasteiger partial charge in [0.15, 0.2) is 11.0 Å². The molecule has 3 rings (SSSR count). The second-order valence-electron chi connectivity index (χ2n) is 8.20. The number of thioether (sulfide) groups is 1. The van der Waals surface area contributed by atoms with Gasteiger partial charge in [-0.25, -0.2) is 13.4 Å². The van der Waals surface area contributed by atoms with Crippen LogP contribution in [0.4, 0.5) is 5.69 Å². The first-order valence-electron chi connectivity index (χ1n) is 10.8. The van der Waals surface area contributed by atoms with Gasteiger partial charge in [-0.1, -0.05) is 55.9 Å². The molecule has 1 amide bonds. The zero-order chi connectivity index (χ0) is 24.2. The van der Waals surface area contributed by atoms with Crippen LogP contribution < -0.4 is 0 Å². The van der Waals surface area contributed by atoms with Gasteiger partial charge in [0.2, 0.25) is 15.9 Å². The molecule has 9 heteroatoms. The van der Waals surface area contributed by atoms with E-state index in [4.69, 9.17) is 4.99 Å². The van der Waals surface area contributed by atoms with E-state index in [1.54, 1.807) is 4.90 Å². The Bertz CT molecular complexity index is 1160. The Morgan fingerprint density at radius 1 is 1.12 bits per heavy atom. The van der Waals surface area contributed by atoms with E-state index in [0.717, 1.165) is 27.7 Å². The average molecular weight is 488 g/mol. The van der Waals surface area contributed by atoms with Crippen LogP contribution in [-0.4, -0.2) is 60.4 Å². The van der Waals surface area contributed by atoms with Crippen LogP contribution in [0.3, 0.4) is 0 Å². The highest BCUT2D eigenvalue weighted by atomic mass is 32.2. The van der Waals surface area contributed by atoms with Crippen LogP contribution in [0.5, 0.6) is 0 Å². The Hall–Kier alpha value is -2.49. The third-order valence-corrected chi connectivity index (χ3v) is 8.27. The van der Waals surface area contributed by atoms with Gasteiger partial charge in [-0.15, -0.1) is 0 Å². The van der Waals surface area contributed by atoms with E-state index in [2.05, 4.69) is 13.8 Å². The summed E-state index contributed by atoms with van der Waals surface area (Å²) < 4.78 is 27.0.